The number of carbonyl (C=O) groups excluding carboxylic acids is 1. The van der Waals surface area contributed by atoms with E-state index in [1.54, 1.807) is 0 Å². The molecule has 0 aromatic rings. The molecule has 0 saturated heterocycles. The van der Waals surface area contributed by atoms with Gasteiger partial charge in [0.15, 0.2) is 5.78 Å². The van der Waals surface area contributed by atoms with Gasteiger partial charge in [-0.1, -0.05) is 65.0 Å². The third-order valence-corrected chi connectivity index (χ3v) is 9.86. The number of hydrogen-bond donors (Lipinski definition) is 2. The maximum absolute atomic E-state index is 12.8. The minimum Gasteiger partial charge on any atom is -0.392 e. The normalized spacial score (nSPS) is 43.5. The molecule has 2 N–H and O–H groups in total. The summed E-state index contributed by atoms with van der Waals surface area (Å²) in [6, 6.07) is 0. The van der Waals surface area contributed by atoms with Crippen LogP contribution in [-0.2, 0) is 4.79 Å². The quantitative estimate of drug-likeness (QED) is 0.492. The van der Waals surface area contributed by atoms with E-state index in [-0.39, 0.29) is 16.7 Å². The van der Waals surface area contributed by atoms with Crippen molar-refractivity contribution in [3.05, 3.63) is 47.1 Å². The Morgan fingerprint density at radius 1 is 1.06 bits per heavy atom. The molecule has 0 aromatic heterocycles. The fourth-order valence-corrected chi connectivity index (χ4v) is 7.49. The number of aliphatic hydroxyl groups excluding tert-OH is 2. The SMILES string of the molecule is C=C1/C(=C\C=C2/CCC[C@@]3(C)C2CC[C@@H]3[C@H](C)/C=C2\CCC(C)(C)C2=O)CC(O)[C@H](C)[C@@H]1O. The Labute approximate surface area is 200 Å². The van der Waals surface area contributed by atoms with Crippen molar-refractivity contribution in [3.8, 4) is 0 Å². The molecule has 0 radical (unpaired) electrons. The van der Waals surface area contributed by atoms with Crippen LogP contribution in [0.2, 0.25) is 0 Å². The van der Waals surface area contributed by atoms with Crippen LogP contribution < -0.4 is 0 Å². The zero-order chi connectivity index (χ0) is 24.1. The largest absolute Gasteiger partial charge is 0.392 e. The number of Topliss-reactive ketones (excluding diaryl/α,β-unsaturated/α-hetero) is 1. The lowest BCUT2D eigenvalue weighted by Crippen LogP contribution is -2.36. The second kappa shape index (κ2) is 8.96. The summed E-state index contributed by atoms with van der Waals surface area (Å²) in [4.78, 5) is 12.8. The zero-order valence-corrected chi connectivity index (χ0v) is 21.4. The van der Waals surface area contributed by atoms with E-state index in [0.29, 0.717) is 30.0 Å². The van der Waals surface area contributed by atoms with Crippen molar-refractivity contribution in [2.75, 3.05) is 0 Å². The summed E-state index contributed by atoms with van der Waals surface area (Å²) in [6.45, 7) is 15.0. The van der Waals surface area contributed by atoms with E-state index in [9.17, 15) is 15.0 Å². The van der Waals surface area contributed by atoms with Crippen LogP contribution in [0.3, 0.4) is 0 Å². The maximum atomic E-state index is 12.8. The predicted molar refractivity (Wildman–Crippen MR) is 135 cm³/mol. The molecular formula is C30H44O3. The minimum atomic E-state index is -0.664. The molecule has 7 atom stereocenters. The summed E-state index contributed by atoms with van der Waals surface area (Å²) >= 11 is 0. The van der Waals surface area contributed by atoms with Gasteiger partial charge in [-0.25, -0.2) is 0 Å². The first-order valence-electron chi connectivity index (χ1n) is 13.2. The van der Waals surface area contributed by atoms with Crippen molar-refractivity contribution in [2.45, 2.75) is 98.2 Å². The monoisotopic (exact) mass is 452 g/mol. The van der Waals surface area contributed by atoms with Crippen LogP contribution in [0.15, 0.2) is 47.1 Å². The van der Waals surface area contributed by atoms with Crippen LogP contribution >= 0.6 is 0 Å². The highest BCUT2D eigenvalue weighted by atomic mass is 16.3. The molecule has 0 aromatic carbocycles. The van der Waals surface area contributed by atoms with E-state index in [4.69, 9.17) is 0 Å². The summed E-state index contributed by atoms with van der Waals surface area (Å²) in [5.41, 5.74) is 4.42. The molecular weight excluding hydrogens is 408 g/mol. The van der Waals surface area contributed by atoms with Crippen molar-refractivity contribution >= 4 is 5.78 Å². The summed E-state index contributed by atoms with van der Waals surface area (Å²) in [7, 11) is 0. The number of allylic oxidation sites excluding steroid dienone is 5. The van der Waals surface area contributed by atoms with Crippen molar-refractivity contribution in [1.29, 1.82) is 0 Å². The van der Waals surface area contributed by atoms with Crippen molar-refractivity contribution in [2.24, 2.45) is 34.5 Å². The molecule has 0 aliphatic heterocycles. The summed E-state index contributed by atoms with van der Waals surface area (Å²) in [5, 5.41) is 20.8. The van der Waals surface area contributed by atoms with Crippen LogP contribution in [0, 0.1) is 34.5 Å². The third-order valence-electron chi connectivity index (χ3n) is 9.86. The molecule has 33 heavy (non-hydrogen) atoms. The first-order valence-corrected chi connectivity index (χ1v) is 13.2. The highest BCUT2D eigenvalue weighted by molar-refractivity contribution is 6.01. The van der Waals surface area contributed by atoms with E-state index in [1.807, 2.05) is 6.92 Å². The zero-order valence-electron chi connectivity index (χ0n) is 21.4. The molecule has 4 aliphatic rings. The molecule has 3 nitrogen and oxygen atoms in total. The number of rotatable bonds is 3. The Balaban J connectivity index is 1.53. The lowest BCUT2D eigenvalue weighted by Gasteiger charge is -2.44. The van der Waals surface area contributed by atoms with Crippen LogP contribution in [-0.4, -0.2) is 28.2 Å². The molecule has 3 heteroatoms. The number of hydrogen-bond acceptors (Lipinski definition) is 3. The molecule has 4 rings (SSSR count). The van der Waals surface area contributed by atoms with Crippen LogP contribution in [0.25, 0.3) is 0 Å². The maximum Gasteiger partial charge on any atom is 0.164 e. The summed E-state index contributed by atoms with van der Waals surface area (Å²) in [5.74, 6) is 1.81. The first kappa shape index (κ1) is 24.7. The van der Waals surface area contributed by atoms with Gasteiger partial charge in [-0.15, -0.1) is 0 Å². The van der Waals surface area contributed by atoms with Gasteiger partial charge in [-0.05, 0) is 91.3 Å². The molecule has 0 spiro atoms. The number of aliphatic hydroxyl groups is 2. The molecule has 4 saturated carbocycles. The molecule has 182 valence electrons. The van der Waals surface area contributed by atoms with E-state index in [1.165, 1.54) is 31.3 Å². The van der Waals surface area contributed by atoms with E-state index in [2.05, 4.69) is 52.5 Å². The van der Waals surface area contributed by atoms with Crippen LogP contribution in [0.1, 0.15) is 86.0 Å². The molecule has 0 heterocycles. The smallest absolute Gasteiger partial charge is 0.164 e. The summed E-state index contributed by atoms with van der Waals surface area (Å²) < 4.78 is 0. The van der Waals surface area contributed by atoms with E-state index >= 15 is 0 Å². The minimum absolute atomic E-state index is 0.163. The fraction of sp³-hybridized carbons (Fsp3) is 0.700. The first-order chi connectivity index (χ1) is 15.5. The Morgan fingerprint density at radius 3 is 2.45 bits per heavy atom. The lowest BCUT2D eigenvalue weighted by molar-refractivity contribution is -0.121. The number of fused-ring (bicyclic) bond motifs is 1. The van der Waals surface area contributed by atoms with Gasteiger partial charge in [0, 0.05) is 11.3 Å². The molecule has 0 bridgehead atoms. The van der Waals surface area contributed by atoms with E-state index < -0.39 is 12.2 Å². The second-order valence-corrected chi connectivity index (χ2v) is 12.4. The Kier molecular flexibility index (Phi) is 6.70. The average Bonchev–Trinajstić information content (AvgIpc) is 3.25. The fourth-order valence-electron chi connectivity index (χ4n) is 7.49. The number of ketones is 1. The standard InChI is InChI=1S/C30H44O3/c1-18(16-23-13-15-29(4,5)28(23)33)24-11-12-25-21(8-7-14-30(24,25)6)9-10-22-17-26(31)20(3)27(32)19(22)2/h9-10,16,18,20,24-27,31-32H,2,7-8,11-15,17H2,1,3-6H3/b21-9+,22-10-,23-16+/t18-,20+,24-,25?,26?,27-,30-/m1/s1. The topological polar surface area (TPSA) is 57.5 Å². The van der Waals surface area contributed by atoms with Gasteiger partial charge in [-0.3, -0.25) is 4.79 Å². The second-order valence-electron chi connectivity index (χ2n) is 12.4. The Morgan fingerprint density at radius 2 is 1.79 bits per heavy atom. The summed E-state index contributed by atoms with van der Waals surface area (Å²) in [6.07, 6.45) is 14.1. The van der Waals surface area contributed by atoms with Gasteiger partial charge in [0.1, 0.15) is 0 Å². The lowest BCUT2D eigenvalue weighted by atomic mass is 9.61. The Hall–Kier alpha value is -1.45. The third kappa shape index (κ3) is 4.36. The van der Waals surface area contributed by atoms with Gasteiger partial charge in [0.2, 0.25) is 0 Å². The van der Waals surface area contributed by atoms with Crippen LogP contribution in [0.4, 0.5) is 0 Å². The van der Waals surface area contributed by atoms with Crippen molar-refractivity contribution in [3.63, 3.8) is 0 Å². The average molecular weight is 453 g/mol. The Bertz CT molecular complexity index is 904. The number of carbonyl (C=O) groups is 1. The van der Waals surface area contributed by atoms with Gasteiger partial charge >= 0.3 is 0 Å². The molecule has 2 unspecified atom stereocenters. The van der Waals surface area contributed by atoms with Gasteiger partial charge in [0.05, 0.1) is 12.2 Å². The molecule has 4 fully saturated rings. The van der Waals surface area contributed by atoms with Crippen LogP contribution in [0.5, 0.6) is 0 Å². The molecule has 4 aliphatic carbocycles. The van der Waals surface area contributed by atoms with Gasteiger partial charge < -0.3 is 10.2 Å². The molecule has 0 amide bonds. The van der Waals surface area contributed by atoms with E-state index in [0.717, 1.165) is 36.0 Å². The van der Waals surface area contributed by atoms with Crippen molar-refractivity contribution < 1.29 is 15.0 Å². The van der Waals surface area contributed by atoms with Gasteiger partial charge in [0.25, 0.3) is 0 Å². The predicted octanol–water partition coefficient (Wildman–Crippen LogP) is 6.33. The van der Waals surface area contributed by atoms with Crippen molar-refractivity contribution in [1.82, 2.24) is 0 Å². The highest BCUT2D eigenvalue weighted by Crippen LogP contribution is 2.60. The highest BCUT2D eigenvalue weighted by Gasteiger charge is 2.50. The van der Waals surface area contributed by atoms with Gasteiger partial charge in [-0.2, -0.15) is 0 Å².